The zero-order valence-electron chi connectivity index (χ0n) is 12.5. The van der Waals surface area contributed by atoms with Crippen LogP contribution in [0.4, 0.5) is 5.69 Å². The van der Waals surface area contributed by atoms with Crippen LogP contribution in [-0.4, -0.2) is 25.0 Å². The van der Waals surface area contributed by atoms with Gasteiger partial charge in [-0.05, 0) is 31.2 Å². The molecule has 3 nitrogen and oxygen atoms in total. The fourth-order valence-corrected chi connectivity index (χ4v) is 1.94. The lowest BCUT2D eigenvalue weighted by Crippen LogP contribution is -2.08. The van der Waals surface area contributed by atoms with Crippen LogP contribution in [-0.2, 0) is 0 Å². The minimum atomic E-state index is -0.204. The molecule has 0 radical (unpaired) electrons. The van der Waals surface area contributed by atoms with Gasteiger partial charge in [-0.25, -0.2) is 0 Å². The van der Waals surface area contributed by atoms with Crippen molar-refractivity contribution in [1.29, 1.82) is 0 Å². The van der Waals surface area contributed by atoms with E-state index in [1.165, 1.54) is 6.08 Å². The summed E-state index contributed by atoms with van der Waals surface area (Å²) in [5, 5.41) is 10.1. The maximum absolute atomic E-state index is 12.1. The predicted octanol–water partition coefficient (Wildman–Crippen LogP) is 3.84. The molecule has 0 aliphatic rings. The van der Waals surface area contributed by atoms with Crippen LogP contribution in [0, 0.1) is 6.92 Å². The van der Waals surface area contributed by atoms with Crippen LogP contribution in [0.3, 0.4) is 0 Å². The highest BCUT2D eigenvalue weighted by Gasteiger charge is 2.06. The second-order valence-corrected chi connectivity index (χ2v) is 5.20. The molecule has 0 fully saturated rings. The van der Waals surface area contributed by atoms with Gasteiger partial charge in [0.2, 0.25) is 0 Å². The van der Waals surface area contributed by atoms with E-state index >= 15 is 0 Å². The Morgan fingerprint density at radius 3 is 2.00 bits per heavy atom. The summed E-state index contributed by atoms with van der Waals surface area (Å²) in [5.41, 5.74) is 3.33. The molecule has 2 aromatic carbocycles. The first kappa shape index (κ1) is 14.9. The molecule has 0 spiro atoms. The first-order valence-corrected chi connectivity index (χ1v) is 6.77. The lowest BCUT2D eigenvalue weighted by molar-refractivity contribution is 0.104. The molecule has 0 amide bonds. The monoisotopic (exact) mass is 281 g/mol. The van der Waals surface area contributed by atoms with Crippen LogP contribution in [0.1, 0.15) is 21.5 Å². The van der Waals surface area contributed by atoms with Gasteiger partial charge in [0.15, 0.2) is 5.78 Å². The van der Waals surface area contributed by atoms with Gasteiger partial charge in [-0.15, -0.1) is 0 Å². The molecule has 0 unspecified atom stereocenters. The fraction of sp³-hybridized carbons (Fsp3) is 0.167. The number of benzene rings is 2. The standard InChI is InChI=1S/C18H19NO2/c1-13-4-6-14(7-5-13)17(20)12-18(21)15-8-10-16(11-9-15)19(2)3/h4-12,21H,1-3H3/b18-12+. The average molecular weight is 281 g/mol. The third-order valence-corrected chi connectivity index (χ3v) is 3.28. The lowest BCUT2D eigenvalue weighted by atomic mass is 10.1. The van der Waals surface area contributed by atoms with E-state index in [1.807, 2.05) is 50.2 Å². The largest absolute Gasteiger partial charge is 0.507 e. The Kier molecular flexibility index (Phi) is 4.43. The number of carbonyl (C=O) groups is 1. The lowest BCUT2D eigenvalue weighted by Gasteiger charge is -2.12. The Morgan fingerprint density at radius 2 is 1.48 bits per heavy atom. The van der Waals surface area contributed by atoms with Crippen molar-refractivity contribution in [3.05, 3.63) is 71.3 Å². The van der Waals surface area contributed by atoms with Gasteiger partial charge in [-0.2, -0.15) is 0 Å². The Labute approximate surface area is 125 Å². The normalized spacial score (nSPS) is 11.3. The van der Waals surface area contributed by atoms with Crippen molar-refractivity contribution < 1.29 is 9.90 Å². The predicted molar refractivity (Wildman–Crippen MR) is 86.9 cm³/mol. The minimum Gasteiger partial charge on any atom is -0.507 e. The molecule has 0 aliphatic heterocycles. The van der Waals surface area contributed by atoms with E-state index < -0.39 is 0 Å². The molecule has 2 rings (SSSR count). The number of aliphatic hydroxyl groups is 1. The molecule has 21 heavy (non-hydrogen) atoms. The highest BCUT2D eigenvalue weighted by atomic mass is 16.3. The van der Waals surface area contributed by atoms with Gasteiger partial charge in [0, 0.05) is 37.0 Å². The van der Waals surface area contributed by atoms with Gasteiger partial charge in [0.25, 0.3) is 0 Å². The molecular formula is C18H19NO2. The summed E-state index contributed by atoms with van der Waals surface area (Å²) in [7, 11) is 3.90. The quantitative estimate of drug-likeness (QED) is 0.526. The van der Waals surface area contributed by atoms with Crippen molar-refractivity contribution in [2.75, 3.05) is 19.0 Å². The summed E-state index contributed by atoms with van der Waals surface area (Å²) >= 11 is 0. The zero-order valence-corrected chi connectivity index (χ0v) is 12.5. The van der Waals surface area contributed by atoms with Crippen LogP contribution < -0.4 is 4.90 Å². The highest BCUT2D eigenvalue weighted by Crippen LogP contribution is 2.18. The maximum atomic E-state index is 12.1. The molecule has 0 saturated carbocycles. The van der Waals surface area contributed by atoms with Crippen molar-refractivity contribution in [3.8, 4) is 0 Å². The topological polar surface area (TPSA) is 40.5 Å². The molecule has 2 aromatic rings. The highest BCUT2D eigenvalue weighted by molar-refractivity contribution is 6.07. The van der Waals surface area contributed by atoms with Gasteiger partial charge >= 0.3 is 0 Å². The Morgan fingerprint density at radius 1 is 0.952 bits per heavy atom. The smallest absolute Gasteiger partial charge is 0.189 e. The summed E-state index contributed by atoms with van der Waals surface area (Å²) < 4.78 is 0. The Bertz CT molecular complexity index is 653. The van der Waals surface area contributed by atoms with Crippen molar-refractivity contribution in [1.82, 2.24) is 0 Å². The molecule has 0 heterocycles. The zero-order chi connectivity index (χ0) is 15.4. The van der Waals surface area contributed by atoms with E-state index in [2.05, 4.69) is 0 Å². The molecular weight excluding hydrogens is 262 g/mol. The Balaban J connectivity index is 2.20. The van der Waals surface area contributed by atoms with Gasteiger partial charge < -0.3 is 10.0 Å². The first-order valence-electron chi connectivity index (χ1n) is 6.77. The minimum absolute atomic E-state index is 0.0223. The average Bonchev–Trinajstić information content (AvgIpc) is 2.47. The van der Waals surface area contributed by atoms with E-state index in [1.54, 1.807) is 24.3 Å². The van der Waals surface area contributed by atoms with Gasteiger partial charge in [-0.3, -0.25) is 4.79 Å². The van der Waals surface area contributed by atoms with Crippen LogP contribution >= 0.6 is 0 Å². The maximum Gasteiger partial charge on any atom is 0.189 e. The van der Waals surface area contributed by atoms with Gasteiger partial charge in [-0.1, -0.05) is 29.8 Å². The summed E-state index contributed by atoms with van der Waals surface area (Å²) in [5.74, 6) is -0.227. The van der Waals surface area contributed by atoms with E-state index in [0.29, 0.717) is 11.1 Å². The first-order chi connectivity index (χ1) is 9.97. The molecule has 108 valence electrons. The number of ketones is 1. The van der Waals surface area contributed by atoms with Gasteiger partial charge in [0.05, 0.1) is 0 Å². The third kappa shape index (κ3) is 3.72. The summed E-state index contributed by atoms with van der Waals surface area (Å²) in [6.45, 7) is 1.97. The van der Waals surface area contributed by atoms with Crippen LogP contribution in [0.2, 0.25) is 0 Å². The van der Waals surface area contributed by atoms with E-state index in [-0.39, 0.29) is 11.5 Å². The van der Waals surface area contributed by atoms with Gasteiger partial charge in [0.1, 0.15) is 5.76 Å². The van der Waals surface area contributed by atoms with Crippen LogP contribution in [0.25, 0.3) is 5.76 Å². The number of aryl methyl sites for hydroxylation is 1. The summed E-state index contributed by atoms with van der Waals surface area (Å²) in [6.07, 6.45) is 1.26. The van der Waals surface area contributed by atoms with Crippen molar-refractivity contribution in [2.45, 2.75) is 6.92 Å². The number of hydrogen-bond acceptors (Lipinski definition) is 3. The fourth-order valence-electron chi connectivity index (χ4n) is 1.94. The molecule has 0 saturated heterocycles. The summed E-state index contributed by atoms with van der Waals surface area (Å²) in [6, 6.07) is 14.7. The molecule has 1 N–H and O–H groups in total. The second-order valence-electron chi connectivity index (χ2n) is 5.20. The molecule has 3 heteroatoms. The van der Waals surface area contributed by atoms with Crippen molar-refractivity contribution in [2.24, 2.45) is 0 Å². The Hall–Kier alpha value is -2.55. The molecule has 0 aliphatic carbocycles. The van der Waals surface area contributed by atoms with Crippen molar-refractivity contribution >= 4 is 17.2 Å². The second kappa shape index (κ2) is 6.27. The number of aliphatic hydroxyl groups excluding tert-OH is 1. The van der Waals surface area contributed by atoms with Crippen LogP contribution in [0.15, 0.2) is 54.6 Å². The SMILES string of the molecule is Cc1ccc(C(=O)/C=C(/O)c2ccc(N(C)C)cc2)cc1. The number of hydrogen-bond donors (Lipinski definition) is 1. The van der Waals surface area contributed by atoms with E-state index in [0.717, 1.165) is 11.3 Å². The number of carbonyl (C=O) groups excluding carboxylic acids is 1. The van der Waals surface area contributed by atoms with Crippen LogP contribution in [0.5, 0.6) is 0 Å². The summed E-state index contributed by atoms with van der Waals surface area (Å²) in [4.78, 5) is 14.0. The van der Waals surface area contributed by atoms with Crippen molar-refractivity contribution in [3.63, 3.8) is 0 Å². The number of allylic oxidation sites excluding steroid dienone is 1. The number of rotatable bonds is 4. The third-order valence-electron chi connectivity index (χ3n) is 3.28. The number of anilines is 1. The number of nitrogens with zero attached hydrogens (tertiary/aromatic N) is 1. The molecule has 0 aromatic heterocycles. The van der Waals surface area contributed by atoms with E-state index in [9.17, 15) is 9.90 Å². The van der Waals surface area contributed by atoms with E-state index in [4.69, 9.17) is 0 Å². The molecule has 0 bridgehead atoms. The molecule has 0 atom stereocenters.